The Labute approximate surface area is 88.3 Å². The molecule has 2 N–H and O–H groups in total. The first-order valence-electron chi connectivity index (χ1n) is 5.33. The van der Waals surface area contributed by atoms with E-state index in [2.05, 4.69) is 0 Å². The average Bonchev–Trinajstić information content (AvgIpc) is 2.19. The molecule has 1 aromatic carbocycles. The van der Waals surface area contributed by atoms with E-state index in [0.29, 0.717) is 24.1 Å². The number of nitrogen functional groups attached to an aromatic ring is 1. The molecule has 1 nitrogen and oxygen atoms in total. The van der Waals surface area contributed by atoms with Crippen LogP contribution in [0.15, 0.2) is 24.3 Å². The van der Waals surface area contributed by atoms with Crippen LogP contribution in [-0.4, -0.2) is 5.92 Å². The second kappa shape index (κ2) is 3.80. The molecule has 0 bridgehead atoms. The molecule has 0 aromatic heterocycles. The number of para-hydroxylation sites is 1. The van der Waals surface area contributed by atoms with E-state index in [1.54, 1.807) is 24.3 Å². The van der Waals surface area contributed by atoms with Gasteiger partial charge in [0.15, 0.2) is 0 Å². The lowest BCUT2D eigenvalue weighted by atomic mass is 9.80. The predicted molar refractivity (Wildman–Crippen MR) is 57.0 cm³/mol. The van der Waals surface area contributed by atoms with Crippen LogP contribution in [0.3, 0.4) is 0 Å². The molecule has 0 aliphatic heterocycles. The Balaban J connectivity index is 2.33. The molecule has 1 aliphatic rings. The zero-order valence-corrected chi connectivity index (χ0v) is 8.55. The van der Waals surface area contributed by atoms with Crippen molar-refractivity contribution in [1.82, 2.24) is 0 Å². The maximum atomic E-state index is 13.7. The minimum absolute atomic E-state index is 0.00794. The van der Waals surface area contributed by atoms with Crippen LogP contribution in [0.25, 0.3) is 0 Å². The zero-order valence-electron chi connectivity index (χ0n) is 8.55. The largest absolute Gasteiger partial charge is 0.398 e. The molecule has 0 heterocycles. The summed E-state index contributed by atoms with van der Waals surface area (Å²) in [7, 11) is 0. The first-order chi connectivity index (χ1) is 7.11. The molecular weight excluding hydrogens is 196 g/mol. The highest BCUT2D eigenvalue weighted by Gasteiger charge is 2.42. The molecule has 0 radical (unpaired) electrons. The van der Waals surface area contributed by atoms with Crippen molar-refractivity contribution >= 4 is 5.69 Å². The molecule has 1 saturated carbocycles. The van der Waals surface area contributed by atoms with E-state index in [1.807, 2.05) is 0 Å². The maximum Gasteiger partial charge on any atom is 0.254 e. The van der Waals surface area contributed by atoms with Crippen molar-refractivity contribution in [2.24, 2.45) is 0 Å². The van der Waals surface area contributed by atoms with Crippen molar-refractivity contribution in [3.63, 3.8) is 0 Å². The zero-order chi connectivity index (χ0) is 10.9. The fourth-order valence-corrected chi connectivity index (χ4v) is 2.31. The molecule has 2 rings (SSSR count). The number of nitrogens with two attached hydrogens (primary N) is 1. The fourth-order valence-electron chi connectivity index (χ4n) is 2.31. The highest BCUT2D eigenvalue weighted by Crippen LogP contribution is 2.45. The lowest BCUT2D eigenvalue weighted by Crippen LogP contribution is -2.30. The van der Waals surface area contributed by atoms with Crippen LogP contribution in [-0.2, 0) is 0 Å². The third-order valence-electron chi connectivity index (χ3n) is 3.13. The average molecular weight is 211 g/mol. The Bertz CT molecular complexity index is 349. The molecule has 0 saturated heterocycles. The second-order valence-corrected chi connectivity index (χ2v) is 4.19. The summed E-state index contributed by atoms with van der Waals surface area (Å²) in [5.41, 5.74) is 6.84. The summed E-state index contributed by atoms with van der Waals surface area (Å²) in [6.07, 6.45) is 2.03. The topological polar surface area (TPSA) is 26.0 Å². The lowest BCUT2D eigenvalue weighted by Gasteiger charge is -2.32. The van der Waals surface area contributed by atoms with Gasteiger partial charge in [-0.05, 0) is 24.5 Å². The Morgan fingerprint density at radius 1 is 1.20 bits per heavy atom. The summed E-state index contributed by atoms with van der Waals surface area (Å²) < 4.78 is 27.4. The van der Waals surface area contributed by atoms with Gasteiger partial charge in [0.05, 0.1) is 0 Å². The molecular formula is C12H15F2N. The van der Waals surface area contributed by atoms with Gasteiger partial charge in [-0.25, -0.2) is 8.78 Å². The van der Waals surface area contributed by atoms with Gasteiger partial charge >= 0.3 is 0 Å². The van der Waals surface area contributed by atoms with E-state index < -0.39 is 11.8 Å². The van der Waals surface area contributed by atoms with Gasteiger partial charge in [-0.3, -0.25) is 0 Å². The van der Waals surface area contributed by atoms with Crippen LogP contribution in [0.2, 0.25) is 0 Å². The quantitative estimate of drug-likeness (QED) is 0.706. The van der Waals surface area contributed by atoms with Gasteiger partial charge in [-0.15, -0.1) is 0 Å². The highest BCUT2D eigenvalue weighted by atomic mass is 19.3. The standard InChI is InChI=1S/C12H15F2N/c13-12(14)8-4-3-6-10(12)9-5-1-2-7-11(9)15/h1-2,5,7,10H,3-4,6,8,15H2. The van der Waals surface area contributed by atoms with Crippen LogP contribution < -0.4 is 5.73 Å². The Morgan fingerprint density at radius 3 is 2.60 bits per heavy atom. The van der Waals surface area contributed by atoms with Crippen LogP contribution in [0, 0.1) is 0 Å². The van der Waals surface area contributed by atoms with Gasteiger partial charge in [0.25, 0.3) is 5.92 Å². The van der Waals surface area contributed by atoms with Gasteiger partial charge in [0.1, 0.15) is 0 Å². The van der Waals surface area contributed by atoms with Crippen molar-refractivity contribution < 1.29 is 8.78 Å². The normalized spacial score (nSPS) is 25.1. The molecule has 3 heteroatoms. The van der Waals surface area contributed by atoms with Crippen LogP contribution in [0.5, 0.6) is 0 Å². The molecule has 0 amide bonds. The number of rotatable bonds is 1. The number of halogens is 2. The third-order valence-corrected chi connectivity index (χ3v) is 3.13. The van der Waals surface area contributed by atoms with Crippen LogP contribution in [0.4, 0.5) is 14.5 Å². The Morgan fingerprint density at radius 2 is 1.93 bits per heavy atom. The van der Waals surface area contributed by atoms with Crippen molar-refractivity contribution in [3.8, 4) is 0 Å². The molecule has 1 aliphatic carbocycles. The third kappa shape index (κ3) is 1.96. The van der Waals surface area contributed by atoms with Crippen molar-refractivity contribution in [2.45, 2.75) is 37.5 Å². The van der Waals surface area contributed by atoms with Gasteiger partial charge < -0.3 is 5.73 Å². The fraction of sp³-hybridized carbons (Fsp3) is 0.500. The number of anilines is 1. The summed E-state index contributed by atoms with van der Waals surface area (Å²) in [4.78, 5) is 0. The van der Waals surface area contributed by atoms with Crippen molar-refractivity contribution in [3.05, 3.63) is 29.8 Å². The van der Waals surface area contributed by atoms with Gasteiger partial charge in [-0.2, -0.15) is 0 Å². The van der Waals surface area contributed by atoms with Crippen molar-refractivity contribution in [2.75, 3.05) is 5.73 Å². The summed E-state index contributed by atoms with van der Waals surface area (Å²) in [6.45, 7) is 0. The lowest BCUT2D eigenvalue weighted by molar-refractivity contribution is -0.0545. The Hall–Kier alpha value is -1.12. The first-order valence-corrected chi connectivity index (χ1v) is 5.33. The summed E-state index contributed by atoms with van der Waals surface area (Å²) in [5, 5.41) is 0. The number of alkyl halides is 2. The van der Waals surface area contributed by atoms with E-state index in [0.717, 1.165) is 6.42 Å². The summed E-state index contributed by atoms with van der Waals surface area (Å²) >= 11 is 0. The molecule has 1 atom stereocenters. The second-order valence-electron chi connectivity index (χ2n) is 4.19. The summed E-state index contributed by atoms with van der Waals surface area (Å²) in [5.74, 6) is -3.28. The molecule has 0 spiro atoms. The molecule has 15 heavy (non-hydrogen) atoms. The predicted octanol–water partition coefficient (Wildman–Crippen LogP) is 3.56. The van der Waals surface area contributed by atoms with E-state index in [9.17, 15) is 8.78 Å². The minimum Gasteiger partial charge on any atom is -0.398 e. The van der Waals surface area contributed by atoms with E-state index in [4.69, 9.17) is 5.73 Å². The molecule has 1 unspecified atom stereocenters. The van der Waals surface area contributed by atoms with Gasteiger partial charge in [0.2, 0.25) is 0 Å². The summed E-state index contributed by atoms with van der Waals surface area (Å²) in [6, 6.07) is 6.97. The molecule has 1 aromatic rings. The smallest absolute Gasteiger partial charge is 0.254 e. The van der Waals surface area contributed by atoms with Crippen LogP contribution in [0.1, 0.15) is 37.2 Å². The molecule has 82 valence electrons. The van der Waals surface area contributed by atoms with Gasteiger partial charge in [0, 0.05) is 18.0 Å². The maximum absolute atomic E-state index is 13.7. The van der Waals surface area contributed by atoms with E-state index in [1.165, 1.54) is 0 Å². The monoisotopic (exact) mass is 211 g/mol. The number of hydrogen-bond acceptors (Lipinski definition) is 1. The van der Waals surface area contributed by atoms with Gasteiger partial charge in [-0.1, -0.05) is 24.6 Å². The minimum atomic E-state index is -2.59. The number of benzene rings is 1. The Kier molecular flexibility index (Phi) is 2.63. The molecule has 1 fully saturated rings. The number of hydrogen-bond donors (Lipinski definition) is 1. The SMILES string of the molecule is Nc1ccccc1C1CCCCC1(F)F. The van der Waals surface area contributed by atoms with Crippen LogP contribution >= 0.6 is 0 Å². The highest BCUT2D eigenvalue weighted by molar-refractivity contribution is 5.49. The van der Waals surface area contributed by atoms with Crippen molar-refractivity contribution in [1.29, 1.82) is 0 Å². The van der Waals surface area contributed by atoms with E-state index in [-0.39, 0.29) is 6.42 Å². The first kappa shape index (κ1) is 10.4. The van der Waals surface area contributed by atoms with E-state index >= 15 is 0 Å².